The number of halogens is 5. The fourth-order valence-electron chi connectivity index (χ4n) is 2.98. The molecule has 0 bridgehead atoms. The van der Waals surface area contributed by atoms with Crippen molar-refractivity contribution in [3.05, 3.63) is 63.6 Å². The normalized spacial score (nSPS) is 19.1. The fraction of sp³-hybridized carbons (Fsp3) is 0.211. The molecule has 4 amide bonds. The maximum absolute atomic E-state index is 13.0. The standard InChI is InChI=1S/C19H14Cl2F3N3O3/c1-18(10-2-4-11(20)5-3-10)16(29)27(17(30)26-18)9-15(28)25-12-6-7-14(21)13(8-12)19(22,23)24/h2-8H,9H2,1H3,(H,25,28)(H,26,30). The molecule has 2 N–H and O–H groups in total. The smallest absolute Gasteiger partial charge is 0.325 e. The molecule has 2 aromatic rings. The molecule has 0 aromatic heterocycles. The Bertz CT molecular complexity index is 1030. The number of nitrogens with one attached hydrogen (secondary N) is 2. The fourth-order valence-corrected chi connectivity index (χ4v) is 3.33. The van der Waals surface area contributed by atoms with Crippen LogP contribution in [0, 0.1) is 0 Å². The van der Waals surface area contributed by atoms with Gasteiger partial charge in [-0.05, 0) is 42.8 Å². The van der Waals surface area contributed by atoms with Crippen LogP contribution in [0.25, 0.3) is 0 Å². The molecule has 11 heteroatoms. The molecule has 2 aromatic carbocycles. The summed E-state index contributed by atoms with van der Waals surface area (Å²) in [7, 11) is 0. The van der Waals surface area contributed by atoms with E-state index in [2.05, 4.69) is 10.6 Å². The first-order valence-corrected chi connectivity index (χ1v) is 9.24. The highest BCUT2D eigenvalue weighted by atomic mass is 35.5. The Morgan fingerprint density at radius 1 is 1.13 bits per heavy atom. The van der Waals surface area contributed by atoms with Crippen LogP contribution < -0.4 is 10.6 Å². The van der Waals surface area contributed by atoms with Gasteiger partial charge in [-0.15, -0.1) is 0 Å². The number of hydrogen-bond acceptors (Lipinski definition) is 3. The van der Waals surface area contributed by atoms with Gasteiger partial charge in [-0.1, -0.05) is 35.3 Å². The van der Waals surface area contributed by atoms with Crippen LogP contribution in [0.3, 0.4) is 0 Å². The molecular weight excluding hydrogens is 446 g/mol. The molecule has 1 aliphatic rings. The van der Waals surface area contributed by atoms with Crippen LogP contribution >= 0.6 is 23.2 Å². The summed E-state index contributed by atoms with van der Waals surface area (Å²) in [4.78, 5) is 38.1. The van der Waals surface area contributed by atoms with Gasteiger partial charge in [0.15, 0.2) is 0 Å². The lowest BCUT2D eigenvalue weighted by atomic mass is 9.92. The Morgan fingerprint density at radius 2 is 1.77 bits per heavy atom. The molecular formula is C19H14Cl2F3N3O3. The van der Waals surface area contributed by atoms with Crippen LogP contribution in [-0.2, 0) is 21.3 Å². The predicted octanol–water partition coefficient (Wildman–Crippen LogP) is 4.42. The van der Waals surface area contributed by atoms with Crippen LogP contribution in [0.15, 0.2) is 42.5 Å². The van der Waals surface area contributed by atoms with Crippen molar-refractivity contribution in [1.82, 2.24) is 10.2 Å². The predicted molar refractivity (Wildman–Crippen MR) is 104 cm³/mol. The molecule has 30 heavy (non-hydrogen) atoms. The molecule has 1 fully saturated rings. The zero-order valence-corrected chi connectivity index (χ0v) is 16.8. The molecule has 0 saturated carbocycles. The van der Waals surface area contributed by atoms with Gasteiger partial charge in [0.25, 0.3) is 5.91 Å². The highest BCUT2D eigenvalue weighted by Crippen LogP contribution is 2.36. The van der Waals surface area contributed by atoms with Gasteiger partial charge in [0, 0.05) is 10.7 Å². The van der Waals surface area contributed by atoms with Crippen molar-refractivity contribution < 1.29 is 27.6 Å². The Labute approximate surface area is 178 Å². The van der Waals surface area contributed by atoms with E-state index < -0.39 is 46.7 Å². The number of carbonyl (C=O) groups is 3. The number of anilines is 1. The minimum absolute atomic E-state index is 0.177. The summed E-state index contributed by atoms with van der Waals surface area (Å²) in [6, 6.07) is 8.27. The average molecular weight is 460 g/mol. The van der Waals surface area contributed by atoms with Crippen LogP contribution in [0.1, 0.15) is 18.1 Å². The summed E-state index contributed by atoms with van der Waals surface area (Å²) in [5.41, 5.74) is -2.25. The maximum atomic E-state index is 13.0. The molecule has 1 heterocycles. The molecule has 0 spiro atoms. The third-order valence-electron chi connectivity index (χ3n) is 4.55. The summed E-state index contributed by atoms with van der Waals surface area (Å²) in [5.74, 6) is -1.54. The van der Waals surface area contributed by atoms with E-state index in [-0.39, 0.29) is 5.69 Å². The van der Waals surface area contributed by atoms with Crippen molar-refractivity contribution in [2.24, 2.45) is 0 Å². The van der Waals surface area contributed by atoms with Crippen molar-refractivity contribution in [3.63, 3.8) is 0 Å². The van der Waals surface area contributed by atoms with Gasteiger partial charge in [-0.3, -0.25) is 14.5 Å². The second-order valence-corrected chi connectivity index (χ2v) is 7.54. The van der Waals surface area contributed by atoms with E-state index in [0.29, 0.717) is 21.6 Å². The zero-order valence-electron chi connectivity index (χ0n) is 15.3. The average Bonchev–Trinajstić information content (AvgIpc) is 2.87. The molecule has 6 nitrogen and oxygen atoms in total. The lowest BCUT2D eigenvalue weighted by molar-refractivity contribution is -0.137. The summed E-state index contributed by atoms with van der Waals surface area (Å²) in [6.45, 7) is 0.793. The van der Waals surface area contributed by atoms with Crippen molar-refractivity contribution in [2.75, 3.05) is 11.9 Å². The minimum atomic E-state index is -4.71. The monoisotopic (exact) mass is 459 g/mol. The molecule has 1 unspecified atom stereocenters. The summed E-state index contributed by atoms with van der Waals surface area (Å²) >= 11 is 11.4. The molecule has 0 aliphatic carbocycles. The van der Waals surface area contributed by atoms with Gasteiger partial charge in [0.2, 0.25) is 5.91 Å². The lowest BCUT2D eigenvalue weighted by Gasteiger charge is -2.22. The van der Waals surface area contributed by atoms with Gasteiger partial charge in [0.05, 0.1) is 10.6 Å². The maximum Gasteiger partial charge on any atom is 0.417 e. The van der Waals surface area contributed by atoms with E-state index >= 15 is 0 Å². The largest absolute Gasteiger partial charge is 0.417 e. The van der Waals surface area contributed by atoms with Gasteiger partial charge in [-0.2, -0.15) is 13.2 Å². The Kier molecular flexibility index (Phi) is 5.70. The molecule has 158 valence electrons. The first-order chi connectivity index (χ1) is 13.9. The van der Waals surface area contributed by atoms with Crippen molar-refractivity contribution in [1.29, 1.82) is 0 Å². The number of rotatable bonds is 4. The number of urea groups is 1. The van der Waals surface area contributed by atoms with Gasteiger partial charge in [0.1, 0.15) is 12.1 Å². The van der Waals surface area contributed by atoms with E-state index in [1.165, 1.54) is 13.0 Å². The molecule has 1 aliphatic heterocycles. The topological polar surface area (TPSA) is 78.5 Å². The Hall–Kier alpha value is -2.78. The van der Waals surface area contributed by atoms with Crippen LogP contribution in [0.4, 0.5) is 23.7 Å². The molecule has 1 atom stereocenters. The second kappa shape index (κ2) is 7.81. The van der Waals surface area contributed by atoms with E-state index in [9.17, 15) is 27.6 Å². The SMILES string of the molecule is CC1(c2ccc(Cl)cc2)NC(=O)N(CC(=O)Nc2ccc(Cl)c(C(F)(F)F)c2)C1=O. The summed E-state index contributed by atoms with van der Waals surface area (Å²) in [6.07, 6.45) is -4.71. The highest BCUT2D eigenvalue weighted by molar-refractivity contribution is 6.31. The number of imide groups is 1. The van der Waals surface area contributed by atoms with Crippen molar-refractivity contribution in [3.8, 4) is 0 Å². The van der Waals surface area contributed by atoms with Gasteiger partial charge >= 0.3 is 12.2 Å². The minimum Gasteiger partial charge on any atom is -0.325 e. The number of nitrogens with zero attached hydrogens (tertiary/aromatic N) is 1. The first-order valence-electron chi connectivity index (χ1n) is 8.48. The van der Waals surface area contributed by atoms with E-state index in [0.717, 1.165) is 6.07 Å². The number of benzene rings is 2. The summed E-state index contributed by atoms with van der Waals surface area (Å²) < 4.78 is 38.9. The van der Waals surface area contributed by atoms with Gasteiger partial charge < -0.3 is 10.6 Å². The van der Waals surface area contributed by atoms with Gasteiger partial charge in [-0.25, -0.2) is 4.79 Å². The van der Waals surface area contributed by atoms with E-state index in [1.807, 2.05) is 0 Å². The highest BCUT2D eigenvalue weighted by Gasteiger charge is 2.49. The van der Waals surface area contributed by atoms with E-state index in [1.54, 1.807) is 24.3 Å². The van der Waals surface area contributed by atoms with Crippen molar-refractivity contribution >= 4 is 46.7 Å². The number of hydrogen-bond donors (Lipinski definition) is 2. The van der Waals surface area contributed by atoms with Crippen LogP contribution in [0.2, 0.25) is 10.0 Å². The Balaban J connectivity index is 1.75. The number of carbonyl (C=O) groups excluding carboxylic acids is 3. The molecule has 1 saturated heterocycles. The summed E-state index contributed by atoms with van der Waals surface area (Å²) in [5, 5.41) is 4.68. The molecule has 0 radical (unpaired) electrons. The second-order valence-electron chi connectivity index (χ2n) is 6.69. The first kappa shape index (κ1) is 21.9. The zero-order chi connectivity index (χ0) is 22.3. The molecule has 3 rings (SSSR count). The van der Waals surface area contributed by atoms with Crippen LogP contribution in [0.5, 0.6) is 0 Å². The Morgan fingerprint density at radius 3 is 2.37 bits per heavy atom. The number of amides is 4. The van der Waals surface area contributed by atoms with Crippen LogP contribution in [-0.4, -0.2) is 29.3 Å². The number of alkyl halides is 3. The third kappa shape index (κ3) is 4.22. The lowest BCUT2D eigenvalue weighted by Crippen LogP contribution is -2.42. The quantitative estimate of drug-likeness (QED) is 0.664. The van der Waals surface area contributed by atoms with E-state index in [4.69, 9.17) is 23.2 Å². The van der Waals surface area contributed by atoms with Crippen molar-refractivity contribution in [2.45, 2.75) is 18.6 Å². The third-order valence-corrected chi connectivity index (χ3v) is 5.14.